The SMILES string of the molecule is CCCNC(C)c1nnc(Nc2ccc(OCC)nc2)o1. The Balaban J connectivity index is 1.95. The first-order valence-corrected chi connectivity index (χ1v) is 7.15. The summed E-state index contributed by atoms with van der Waals surface area (Å²) in [5.41, 5.74) is 0.767. The number of pyridine rings is 1. The molecular formula is C14H21N5O2. The normalized spacial score (nSPS) is 12.1. The maximum absolute atomic E-state index is 5.57. The number of rotatable bonds is 8. The Morgan fingerprint density at radius 3 is 2.81 bits per heavy atom. The lowest BCUT2D eigenvalue weighted by Crippen LogP contribution is -2.19. The Labute approximate surface area is 124 Å². The quantitative estimate of drug-likeness (QED) is 0.773. The van der Waals surface area contributed by atoms with Crippen molar-refractivity contribution in [1.82, 2.24) is 20.5 Å². The summed E-state index contributed by atoms with van der Waals surface area (Å²) in [4.78, 5) is 4.16. The number of ether oxygens (including phenoxy) is 1. The molecule has 0 aliphatic rings. The molecule has 0 aliphatic heterocycles. The molecule has 114 valence electrons. The van der Waals surface area contributed by atoms with Crippen LogP contribution in [0.1, 0.15) is 39.1 Å². The van der Waals surface area contributed by atoms with Crippen LogP contribution in [-0.2, 0) is 0 Å². The highest BCUT2D eigenvalue weighted by atomic mass is 16.5. The fourth-order valence-corrected chi connectivity index (χ4v) is 1.72. The van der Waals surface area contributed by atoms with E-state index in [1.807, 2.05) is 19.9 Å². The maximum atomic E-state index is 5.57. The van der Waals surface area contributed by atoms with Crippen molar-refractivity contribution in [2.75, 3.05) is 18.5 Å². The molecule has 0 fully saturated rings. The number of hydrogen-bond donors (Lipinski definition) is 2. The molecule has 0 saturated heterocycles. The second-order valence-electron chi connectivity index (χ2n) is 4.56. The van der Waals surface area contributed by atoms with Crippen LogP contribution in [0.15, 0.2) is 22.7 Å². The highest BCUT2D eigenvalue weighted by Crippen LogP contribution is 2.19. The van der Waals surface area contributed by atoms with Crippen LogP contribution in [0.5, 0.6) is 5.88 Å². The Hall–Kier alpha value is -2.15. The van der Waals surface area contributed by atoms with E-state index in [1.165, 1.54) is 0 Å². The number of aromatic nitrogens is 3. The average molecular weight is 291 g/mol. The van der Waals surface area contributed by atoms with Gasteiger partial charge in [0.2, 0.25) is 11.8 Å². The molecule has 7 nitrogen and oxygen atoms in total. The lowest BCUT2D eigenvalue weighted by Gasteiger charge is -2.07. The molecule has 0 amide bonds. The topological polar surface area (TPSA) is 85.1 Å². The fourth-order valence-electron chi connectivity index (χ4n) is 1.72. The van der Waals surface area contributed by atoms with Crippen LogP contribution in [0, 0.1) is 0 Å². The summed E-state index contributed by atoms with van der Waals surface area (Å²) in [5, 5.41) is 14.3. The van der Waals surface area contributed by atoms with Gasteiger partial charge in [-0.1, -0.05) is 12.0 Å². The number of nitrogens with one attached hydrogen (secondary N) is 2. The minimum Gasteiger partial charge on any atom is -0.478 e. The van der Waals surface area contributed by atoms with Crippen molar-refractivity contribution in [1.29, 1.82) is 0 Å². The lowest BCUT2D eigenvalue weighted by atomic mass is 10.3. The second kappa shape index (κ2) is 7.58. The van der Waals surface area contributed by atoms with Crippen molar-refractivity contribution >= 4 is 11.7 Å². The smallest absolute Gasteiger partial charge is 0.320 e. The zero-order valence-corrected chi connectivity index (χ0v) is 12.6. The molecule has 1 unspecified atom stereocenters. The predicted molar refractivity (Wildman–Crippen MR) is 79.7 cm³/mol. The summed E-state index contributed by atoms with van der Waals surface area (Å²) in [6.45, 7) is 7.52. The van der Waals surface area contributed by atoms with Gasteiger partial charge in [-0.15, -0.1) is 5.10 Å². The molecule has 7 heteroatoms. The van der Waals surface area contributed by atoms with Gasteiger partial charge in [0.15, 0.2) is 0 Å². The van der Waals surface area contributed by atoms with Crippen LogP contribution in [0.3, 0.4) is 0 Å². The van der Waals surface area contributed by atoms with Gasteiger partial charge in [0, 0.05) is 6.07 Å². The second-order valence-corrected chi connectivity index (χ2v) is 4.56. The predicted octanol–water partition coefficient (Wildman–Crippen LogP) is 2.67. The highest BCUT2D eigenvalue weighted by molar-refractivity contribution is 5.50. The molecule has 2 N–H and O–H groups in total. The van der Waals surface area contributed by atoms with E-state index in [-0.39, 0.29) is 6.04 Å². The third-order valence-corrected chi connectivity index (χ3v) is 2.79. The van der Waals surface area contributed by atoms with Crippen LogP contribution < -0.4 is 15.4 Å². The van der Waals surface area contributed by atoms with Crippen LogP contribution >= 0.6 is 0 Å². The van der Waals surface area contributed by atoms with E-state index in [2.05, 4.69) is 32.7 Å². The van der Waals surface area contributed by atoms with Gasteiger partial charge >= 0.3 is 6.01 Å². The van der Waals surface area contributed by atoms with Crippen molar-refractivity contribution in [2.24, 2.45) is 0 Å². The largest absolute Gasteiger partial charge is 0.478 e. The Kier molecular flexibility index (Phi) is 5.51. The summed E-state index contributed by atoms with van der Waals surface area (Å²) >= 11 is 0. The molecular weight excluding hydrogens is 270 g/mol. The average Bonchev–Trinajstić information content (AvgIpc) is 2.96. The molecule has 0 bridgehead atoms. The molecule has 0 spiro atoms. The monoisotopic (exact) mass is 291 g/mol. The van der Waals surface area contributed by atoms with Crippen LogP contribution in [0.25, 0.3) is 0 Å². The zero-order chi connectivity index (χ0) is 15.1. The van der Waals surface area contributed by atoms with Crippen molar-refractivity contribution in [3.05, 3.63) is 24.2 Å². The maximum Gasteiger partial charge on any atom is 0.320 e. The molecule has 0 radical (unpaired) electrons. The van der Waals surface area contributed by atoms with E-state index in [0.717, 1.165) is 18.7 Å². The molecule has 2 rings (SSSR count). The molecule has 21 heavy (non-hydrogen) atoms. The molecule has 0 saturated carbocycles. The van der Waals surface area contributed by atoms with Crippen molar-refractivity contribution in [3.63, 3.8) is 0 Å². The highest BCUT2D eigenvalue weighted by Gasteiger charge is 2.13. The molecule has 1 atom stereocenters. The first kappa shape index (κ1) is 15.2. The van der Waals surface area contributed by atoms with Gasteiger partial charge < -0.3 is 19.8 Å². The summed E-state index contributed by atoms with van der Waals surface area (Å²) in [7, 11) is 0. The van der Waals surface area contributed by atoms with E-state index < -0.39 is 0 Å². The molecule has 0 aromatic carbocycles. The Morgan fingerprint density at radius 1 is 1.29 bits per heavy atom. The van der Waals surface area contributed by atoms with E-state index >= 15 is 0 Å². The number of hydrogen-bond acceptors (Lipinski definition) is 7. The summed E-state index contributed by atoms with van der Waals surface area (Å²) in [6, 6.07) is 4.02. The van der Waals surface area contributed by atoms with Gasteiger partial charge in [-0.05, 0) is 32.9 Å². The first-order valence-electron chi connectivity index (χ1n) is 7.15. The van der Waals surface area contributed by atoms with Crippen LogP contribution in [-0.4, -0.2) is 28.3 Å². The van der Waals surface area contributed by atoms with Gasteiger partial charge in [0.25, 0.3) is 0 Å². The lowest BCUT2D eigenvalue weighted by molar-refractivity contribution is 0.327. The summed E-state index contributed by atoms with van der Waals surface area (Å²) in [6.07, 6.45) is 2.72. The number of anilines is 2. The first-order chi connectivity index (χ1) is 10.2. The summed E-state index contributed by atoms with van der Waals surface area (Å²) < 4.78 is 10.9. The van der Waals surface area contributed by atoms with Crippen molar-refractivity contribution < 1.29 is 9.15 Å². The van der Waals surface area contributed by atoms with Gasteiger partial charge in [-0.25, -0.2) is 4.98 Å². The Bertz CT molecular complexity index is 541. The van der Waals surface area contributed by atoms with E-state index in [1.54, 1.807) is 12.3 Å². The van der Waals surface area contributed by atoms with Crippen molar-refractivity contribution in [3.8, 4) is 5.88 Å². The molecule has 2 heterocycles. The van der Waals surface area contributed by atoms with Gasteiger partial charge in [-0.2, -0.15) is 0 Å². The minimum atomic E-state index is 0.0338. The van der Waals surface area contributed by atoms with E-state index in [9.17, 15) is 0 Å². The van der Waals surface area contributed by atoms with Crippen LogP contribution in [0.2, 0.25) is 0 Å². The van der Waals surface area contributed by atoms with Gasteiger partial charge in [0.1, 0.15) is 0 Å². The third-order valence-electron chi connectivity index (χ3n) is 2.79. The number of nitrogens with zero attached hydrogens (tertiary/aromatic N) is 3. The zero-order valence-electron chi connectivity index (χ0n) is 12.6. The molecule has 0 aliphatic carbocycles. The molecule has 2 aromatic heterocycles. The Morgan fingerprint density at radius 2 is 2.14 bits per heavy atom. The van der Waals surface area contributed by atoms with Gasteiger partial charge in [-0.3, -0.25) is 0 Å². The third kappa shape index (κ3) is 4.42. The van der Waals surface area contributed by atoms with E-state index in [4.69, 9.17) is 9.15 Å². The minimum absolute atomic E-state index is 0.0338. The fraction of sp³-hybridized carbons (Fsp3) is 0.500. The molecule has 2 aromatic rings. The summed E-state index contributed by atoms with van der Waals surface area (Å²) in [5.74, 6) is 1.15. The van der Waals surface area contributed by atoms with Crippen molar-refractivity contribution in [2.45, 2.75) is 33.2 Å². The van der Waals surface area contributed by atoms with Crippen LogP contribution in [0.4, 0.5) is 11.7 Å². The van der Waals surface area contributed by atoms with Gasteiger partial charge in [0.05, 0.1) is 24.5 Å². The van der Waals surface area contributed by atoms with E-state index in [0.29, 0.717) is 24.4 Å². The standard InChI is InChI=1S/C14H21N5O2/c1-4-8-15-10(3)13-18-19-14(21-13)17-11-6-7-12(16-9-11)20-5-2/h6-7,9-10,15H,4-5,8H2,1-3H3,(H,17,19).